The second-order valence-electron chi connectivity index (χ2n) is 11.2. The Morgan fingerprint density at radius 3 is 1.98 bits per heavy atom. The molecule has 0 bridgehead atoms. The zero-order valence-corrected chi connectivity index (χ0v) is 31.3. The number of benzene rings is 2. The van der Waals surface area contributed by atoms with Gasteiger partial charge in [-0.15, -0.1) is 0 Å². The highest BCUT2D eigenvalue weighted by Gasteiger charge is 2.21. The predicted molar refractivity (Wildman–Crippen MR) is 196 cm³/mol. The number of thioether (sulfide) groups is 2. The third-order valence-electron chi connectivity index (χ3n) is 6.72. The van der Waals surface area contributed by atoms with Crippen LogP contribution in [0.1, 0.15) is 0 Å². The molecule has 0 atom stereocenters. The van der Waals surface area contributed by atoms with Crippen molar-refractivity contribution in [1.82, 2.24) is 39.9 Å². The van der Waals surface area contributed by atoms with Crippen LogP contribution in [0, 0.1) is 0 Å². The fourth-order valence-electron chi connectivity index (χ4n) is 4.38. The third kappa shape index (κ3) is 7.99. The highest BCUT2D eigenvalue weighted by atomic mass is 35.5. The summed E-state index contributed by atoms with van der Waals surface area (Å²) in [6, 6.07) is 16.1. The standard InChI is InChI=1S/C18H22Cl2N4OSSi.C12H8Cl2N4S/c1-26-18-21-16(20)14-15(12-7-5-6-8-13(12)19)23-24(17(14)22-18)11-25-9-10-27(2,3)4;1-19-12-15-10(14)8-9(17-18-11(8)16-12)6-4-2-3-5-7(6)13/h5-8H,9-11H2,1-4H3;2-5H,1H3,(H,15,16,17,18). The van der Waals surface area contributed by atoms with E-state index < -0.39 is 8.07 Å². The first kappa shape index (κ1) is 34.9. The summed E-state index contributed by atoms with van der Waals surface area (Å²) in [4.78, 5) is 17.5. The SMILES string of the molecule is CSc1nc(Cl)c2c(-c3ccccc3Cl)[nH]nc2n1.CSc1nc(Cl)c2c(-c3ccccc3Cl)nn(COCC[Si](C)(C)C)c2n1. The van der Waals surface area contributed by atoms with Crippen LogP contribution in [0.5, 0.6) is 0 Å². The molecule has 0 unspecified atom stereocenters. The lowest BCUT2D eigenvalue weighted by Crippen LogP contribution is -2.22. The van der Waals surface area contributed by atoms with Crippen LogP contribution in [0.15, 0.2) is 58.8 Å². The number of nitrogens with one attached hydrogen (secondary N) is 1. The maximum absolute atomic E-state index is 6.49. The Hall–Kier alpha value is -2.42. The Labute approximate surface area is 296 Å². The fraction of sp³-hybridized carbons (Fsp3) is 0.267. The molecule has 0 amide bonds. The molecular weight excluding hydrogens is 722 g/mol. The largest absolute Gasteiger partial charge is 0.359 e. The molecule has 46 heavy (non-hydrogen) atoms. The molecule has 0 saturated heterocycles. The molecule has 0 spiro atoms. The van der Waals surface area contributed by atoms with Crippen LogP contribution < -0.4 is 0 Å². The molecule has 4 aromatic heterocycles. The van der Waals surface area contributed by atoms with Gasteiger partial charge in [-0.1, -0.05) is 126 Å². The molecule has 0 radical (unpaired) electrons. The molecule has 9 nitrogen and oxygen atoms in total. The highest BCUT2D eigenvalue weighted by molar-refractivity contribution is 7.98. The van der Waals surface area contributed by atoms with Crippen LogP contribution in [0.3, 0.4) is 0 Å². The third-order valence-corrected chi connectivity index (χ3v) is 10.7. The molecule has 6 rings (SSSR count). The molecule has 0 aliphatic rings. The smallest absolute Gasteiger partial charge is 0.190 e. The van der Waals surface area contributed by atoms with Gasteiger partial charge in [0.2, 0.25) is 0 Å². The topological polar surface area (TPSA) is 107 Å². The van der Waals surface area contributed by atoms with Gasteiger partial charge in [-0.25, -0.2) is 24.6 Å². The number of H-pyrrole nitrogens is 1. The maximum Gasteiger partial charge on any atom is 0.190 e. The van der Waals surface area contributed by atoms with Gasteiger partial charge in [0.05, 0.1) is 21.5 Å². The van der Waals surface area contributed by atoms with Crippen LogP contribution in [0.4, 0.5) is 0 Å². The lowest BCUT2D eigenvalue weighted by molar-refractivity contribution is 0.0814. The second-order valence-corrected chi connectivity index (χ2v) is 19.9. The molecule has 1 N–H and O–H groups in total. The number of fused-ring (bicyclic) bond motifs is 2. The molecule has 0 saturated carbocycles. The number of hydrogen-bond donors (Lipinski definition) is 1. The van der Waals surface area contributed by atoms with Crippen LogP contribution in [-0.2, 0) is 11.5 Å². The molecule has 0 aliphatic carbocycles. The van der Waals surface area contributed by atoms with E-state index in [2.05, 4.69) is 49.8 Å². The summed E-state index contributed by atoms with van der Waals surface area (Å²) in [6.07, 6.45) is 3.80. The minimum atomic E-state index is -1.15. The van der Waals surface area contributed by atoms with Crippen molar-refractivity contribution in [2.75, 3.05) is 19.1 Å². The monoisotopic (exact) mass is 750 g/mol. The van der Waals surface area contributed by atoms with Gasteiger partial charge in [-0.3, -0.25) is 5.10 Å². The number of hydrogen-bond acceptors (Lipinski definition) is 9. The van der Waals surface area contributed by atoms with Gasteiger partial charge in [-0.05, 0) is 30.7 Å². The van der Waals surface area contributed by atoms with Gasteiger partial charge >= 0.3 is 0 Å². The first-order valence-electron chi connectivity index (χ1n) is 14.0. The van der Waals surface area contributed by atoms with Gasteiger partial charge in [0, 0.05) is 30.8 Å². The van der Waals surface area contributed by atoms with Gasteiger partial charge in [0.15, 0.2) is 21.6 Å². The lowest BCUT2D eigenvalue weighted by Gasteiger charge is -2.15. The summed E-state index contributed by atoms with van der Waals surface area (Å²) in [5.41, 5.74) is 4.23. The van der Waals surface area contributed by atoms with Crippen molar-refractivity contribution in [2.24, 2.45) is 0 Å². The average molecular weight is 753 g/mol. The molecule has 2 aromatic carbocycles. The molecule has 0 aliphatic heterocycles. The van der Waals surface area contributed by atoms with Crippen molar-refractivity contribution in [3.63, 3.8) is 0 Å². The minimum Gasteiger partial charge on any atom is -0.359 e. The van der Waals surface area contributed by atoms with Crippen LogP contribution in [0.2, 0.25) is 46.0 Å². The summed E-state index contributed by atoms with van der Waals surface area (Å²) >= 11 is 28.1. The average Bonchev–Trinajstić information content (AvgIpc) is 3.62. The van der Waals surface area contributed by atoms with Crippen LogP contribution >= 0.6 is 69.9 Å². The van der Waals surface area contributed by atoms with Gasteiger partial charge < -0.3 is 4.74 Å². The number of nitrogens with zero attached hydrogens (tertiary/aromatic N) is 7. The van der Waals surface area contributed by atoms with Gasteiger partial charge in [-0.2, -0.15) is 10.2 Å². The number of halogens is 4. The minimum absolute atomic E-state index is 0.312. The van der Waals surface area contributed by atoms with Crippen molar-refractivity contribution in [1.29, 1.82) is 0 Å². The molecule has 0 fully saturated rings. The Morgan fingerprint density at radius 1 is 0.783 bits per heavy atom. The van der Waals surface area contributed by atoms with E-state index in [1.54, 1.807) is 4.68 Å². The van der Waals surface area contributed by atoms with E-state index in [0.717, 1.165) is 22.9 Å². The van der Waals surface area contributed by atoms with Crippen LogP contribution in [0.25, 0.3) is 44.6 Å². The summed E-state index contributed by atoms with van der Waals surface area (Å²) in [6.45, 7) is 7.99. The number of ether oxygens (including phenoxy) is 1. The van der Waals surface area contributed by atoms with Gasteiger partial charge in [0.1, 0.15) is 22.7 Å². The lowest BCUT2D eigenvalue weighted by atomic mass is 10.1. The van der Waals surface area contributed by atoms with E-state index in [1.807, 2.05) is 61.0 Å². The summed E-state index contributed by atoms with van der Waals surface area (Å²) in [5, 5.41) is 16.4. The fourth-order valence-corrected chi connectivity index (χ4v) is 6.93. The Kier molecular flexibility index (Phi) is 11.5. The van der Waals surface area contributed by atoms with E-state index in [-0.39, 0.29) is 0 Å². The first-order valence-corrected chi connectivity index (χ1v) is 21.7. The number of aromatic nitrogens is 8. The molecular formula is C30H30Cl4N8OS2Si. The van der Waals surface area contributed by atoms with Crippen LogP contribution in [-0.4, -0.2) is 67.1 Å². The normalized spacial score (nSPS) is 11.7. The maximum atomic E-state index is 6.49. The number of aromatic amines is 1. The van der Waals surface area contributed by atoms with Gasteiger partial charge in [0.25, 0.3) is 0 Å². The zero-order valence-electron chi connectivity index (χ0n) is 25.6. The second kappa shape index (κ2) is 15.2. The van der Waals surface area contributed by atoms with Crippen molar-refractivity contribution in [3.05, 3.63) is 68.9 Å². The predicted octanol–water partition coefficient (Wildman–Crippen LogP) is 9.88. The summed E-state index contributed by atoms with van der Waals surface area (Å²) < 4.78 is 7.63. The Bertz CT molecular complexity index is 2000. The van der Waals surface area contributed by atoms with Crippen molar-refractivity contribution in [3.8, 4) is 22.5 Å². The quantitative estimate of drug-likeness (QED) is 0.0508. The van der Waals surface area contributed by atoms with E-state index in [9.17, 15) is 0 Å². The van der Waals surface area contributed by atoms with Crippen molar-refractivity contribution < 1.29 is 4.74 Å². The molecule has 240 valence electrons. The van der Waals surface area contributed by atoms with E-state index in [0.29, 0.717) is 71.8 Å². The molecule has 4 heterocycles. The molecule has 16 heteroatoms. The highest BCUT2D eigenvalue weighted by Crippen LogP contribution is 2.37. The first-order chi connectivity index (χ1) is 22.0. The summed E-state index contributed by atoms with van der Waals surface area (Å²) in [5.74, 6) is 0. The Balaban J connectivity index is 0.000000192. The summed E-state index contributed by atoms with van der Waals surface area (Å²) in [7, 11) is -1.15. The zero-order chi connectivity index (χ0) is 33.0. The Morgan fingerprint density at radius 2 is 1.37 bits per heavy atom. The van der Waals surface area contributed by atoms with Crippen molar-refractivity contribution >= 4 is 100 Å². The molecule has 6 aromatic rings. The van der Waals surface area contributed by atoms with E-state index >= 15 is 0 Å². The van der Waals surface area contributed by atoms with Crippen molar-refractivity contribution in [2.45, 2.75) is 42.7 Å². The van der Waals surface area contributed by atoms with E-state index in [1.165, 1.54) is 23.5 Å². The van der Waals surface area contributed by atoms with E-state index in [4.69, 9.17) is 56.2 Å². The number of rotatable bonds is 9.